The van der Waals surface area contributed by atoms with Crippen molar-refractivity contribution in [1.82, 2.24) is 5.16 Å². The van der Waals surface area contributed by atoms with Crippen LogP contribution in [0.2, 0.25) is 0 Å². The van der Waals surface area contributed by atoms with E-state index < -0.39 is 0 Å². The summed E-state index contributed by atoms with van der Waals surface area (Å²) in [6.45, 7) is 4.06. The molecule has 1 aromatic heterocycles. The smallest absolute Gasteiger partial charge is 0.169 e. The molecule has 3 nitrogen and oxygen atoms in total. The first-order chi connectivity index (χ1) is 7.08. The van der Waals surface area contributed by atoms with E-state index in [2.05, 4.69) is 33.2 Å². The summed E-state index contributed by atoms with van der Waals surface area (Å²) < 4.78 is 6.21. The molecule has 2 rings (SSSR count). The van der Waals surface area contributed by atoms with Gasteiger partial charge in [0.2, 0.25) is 0 Å². The van der Waals surface area contributed by atoms with Gasteiger partial charge in [-0.25, -0.2) is 0 Å². The Morgan fingerprint density at radius 3 is 2.60 bits per heavy atom. The maximum Gasteiger partial charge on any atom is 0.169 e. The van der Waals surface area contributed by atoms with Crippen LogP contribution in [0.4, 0.5) is 5.82 Å². The number of nitrogen functional groups attached to an aromatic ring is 1. The van der Waals surface area contributed by atoms with Gasteiger partial charge in [0.05, 0.1) is 0 Å². The number of benzene rings is 1. The summed E-state index contributed by atoms with van der Waals surface area (Å²) in [4.78, 5) is 0. The van der Waals surface area contributed by atoms with E-state index in [1.807, 2.05) is 13.8 Å². The summed E-state index contributed by atoms with van der Waals surface area (Å²) in [5.74, 6) is 1.11. The van der Waals surface area contributed by atoms with Crippen LogP contribution in [0.3, 0.4) is 0 Å². The Morgan fingerprint density at radius 2 is 2.00 bits per heavy atom. The van der Waals surface area contributed by atoms with Gasteiger partial charge in [0, 0.05) is 16.1 Å². The van der Waals surface area contributed by atoms with Crippen molar-refractivity contribution in [3.8, 4) is 11.3 Å². The highest BCUT2D eigenvalue weighted by molar-refractivity contribution is 9.10. The second-order valence-electron chi connectivity index (χ2n) is 3.54. The van der Waals surface area contributed by atoms with Crippen LogP contribution in [0.15, 0.2) is 27.2 Å². The number of nitrogens with zero attached hydrogens (tertiary/aromatic N) is 1. The molecule has 0 aliphatic heterocycles. The van der Waals surface area contributed by atoms with E-state index in [4.69, 9.17) is 10.3 Å². The second kappa shape index (κ2) is 3.70. The summed E-state index contributed by atoms with van der Waals surface area (Å²) in [5.41, 5.74) is 8.83. The van der Waals surface area contributed by atoms with Crippen LogP contribution in [0.5, 0.6) is 0 Å². The molecule has 0 atom stereocenters. The predicted octanol–water partition coefficient (Wildman–Crippen LogP) is 3.30. The first kappa shape index (κ1) is 10.2. The van der Waals surface area contributed by atoms with Gasteiger partial charge in [-0.15, -0.1) is 0 Å². The van der Waals surface area contributed by atoms with E-state index in [9.17, 15) is 0 Å². The lowest BCUT2D eigenvalue weighted by Crippen LogP contribution is -1.85. The molecule has 4 heteroatoms. The van der Waals surface area contributed by atoms with E-state index in [1.54, 1.807) is 6.07 Å². The molecule has 0 radical (unpaired) electrons. The van der Waals surface area contributed by atoms with Crippen molar-refractivity contribution in [3.05, 3.63) is 33.8 Å². The summed E-state index contributed by atoms with van der Waals surface area (Å²) in [6.07, 6.45) is 0. The third kappa shape index (κ3) is 1.90. The summed E-state index contributed by atoms with van der Waals surface area (Å²) in [5, 5.41) is 3.68. The van der Waals surface area contributed by atoms with E-state index >= 15 is 0 Å². The van der Waals surface area contributed by atoms with Gasteiger partial charge in [0.1, 0.15) is 0 Å². The third-order valence-electron chi connectivity index (χ3n) is 2.28. The maximum absolute atomic E-state index is 5.53. The van der Waals surface area contributed by atoms with Gasteiger partial charge in [0.15, 0.2) is 11.6 Å². The SMILES string of the molecule is Cc1cc(Br)c(C)c(-c2cc(N)no2)c1. The Bertz CT molecular complexity index is 505. The zero-order valence-corrected chi connectivity index (χ0v) is 10.1. The molecule has 0 unspecified atom stereocenters. The van der Waals surface area contributed by atoms with Crippen LogP contribution in [0.25, 0.3) is 11.3 Å². The Balaban J connectivity index is 2.62. The lowest BCUT2D eigenvalue weighted by atomic mass is 10.0. The lowest BCUT2D eigenvalue weighted by molar-refractivity contribution is 0.435. The average Bonchev–Trinajstić information content (AvgIpc) is 2.58. The molecule has 78 valence electrons. The van der Waals surface area contributed by atoms with Crippen molar-refractivity contribution in [2.45, 2.75) is 13.8 Å². The molecule has 0 aliphatic carbocycles. The number of nitrogens with two attached hydrogens (primary N) is 1. The lowest BCUT2D eigenvalue weighted by Gasteiger charge is -2.05. The van der Waals surface area contributed by atoms with Gasteiger partial charge < -0.3 is 10.3 Å². The molecule has 2 aromatic rings. The number of hydrogen-bond donors (Lipinski definition) is 1. The maximum atomic E-state index is 5.53. The fraction of sp³-hybridized carbons (Fsp3) is 0.182. The normalized spacial score (nSPS) is 10.6. The number of hydrogen-bond acceptors (Lipinski definition) is 3. The average molecular weight is 267 g/mol. The molecule has 1 heterocycles. The number of rotatable bonds is 1. The van der Waals surface area contributed by atoms with Gasteiger partial charge in [-0.3, -0.25) is 0 Å². The molecule has 0 saturated carbocycles. The zero-order chi connectivity index (χ0) is 11.0. The molecule has 0 saturated heterocycles. The summed E-state index contributed by atoms with van der Waals surface area (Å²) in [7, 11) is 0. The molecule has 2 N–H and O–H groups in total. The molecule has 0 fully saturated rings. The minimum atomic E-state index is 0.405. The molecule has 0 amide bonds. The van der Waals surface area contributed by atoms with Crippen LogP contribution in [0.1, 0.15) is 11.1 Å². The van der Waals surface area contributed by atoms with Crippen LogP contribution in [-0.4, -0.2) is 5.16 Å². The molecular weight excluding hydrogens is 256 g/mol. The molecule has 0 bridgehead atoms. The molecule has 1 aromatic carbocycles. The molecule has 15 heavy (non-hydrogen) atoms. The van der Waals surface area contributed by atoms with Crippen molar-refractivity contribution in [1.29, 1.82) is 0 Å². The highest BCUT2D eigenvalue weighted by Gasteiger charge is 2.10. The third-order valence-corrected chi connectivity index (χ3v) is 3.11. The highest BCUT2D eigenvalue weighted by atomic mass is 79.9. The Labute approximate surface area is 96.4 Å². The zero-order valence-electron chi connectivity index (χ0n) is 8.54. The Morgan fingerprint density at radius 1 is 1.27 bits per heavy atom. The number of halogens is 1. The van der Waals surface area contributed by atoms with Gasteiger partial charge in [-0.2, -0.15) is 0 Å². The van der Waals surface area contributed by atoms with Crippen LogP contribution in [0, 0.1) is 13.8 Å². The van der Waals surface area contributed by atoms with Gasteiger partial charge in [-0.1, -0.05) is 21.1 Å². The summed E-state index contributed by atoms with van der Waals surface area (Å²) in [6, 6.07) is 5.85. The largest absolute Gasteiger partial charge is 0.381 e. The van der Waals surface area contributed by atoms with Crippen molar-refractivity contribution in [2.75, 3.05) is 5.73 Å². The van der Waals surface area contributed by atoms with Crippen molar-refractivity contribution in [3.63, 3.8) is 0 Å². The van der Waals surface area contributed by atoms with Crippen LogP contribution < -0.4 is 5.73 Å². The van der Waals surface area contributed by atoms with Gasteiger partial charge >= 0.3 is 0 Å². The fourth-order valence-electron chi connectivity index (χ4n) is 1.49. The standard InChI is InChI=1S/C11H11BrN2O/c1-6-3-8(7(2)9(12)4-6)10-5-11(13)14-15-10/h3-5H,1-2H3,(H2,13,14). The van der Waals surface area contributed by atoms with E-state index in [0.29, 0.717) is 11.6 Å². The highest BCUT2D eigenvalue weighted by Crippen LogP contribution is 2.30. The van der Waals surface area contributed by atoms with E-state index in [0.717, 1.165) is 21.2 Å². The summed E-state index contributed by atoms with van der Waals surface area (Å²) >= 11 is 3.51. The topological polar surface area (TPSA) is 52.0 Å². The van der Waals surface area contributed by atoms with Gasteiger partial charge in [-0.05, 0) is 37.1 Å². The van der Waals surface area contributed by atoms with Gasteiger partial charge in [0.25, 0.3) is 0 Å². The second-order valence-corrected chi connectivity index (χ2v) is 4.39. The predicted molar refractivity (Wildman–Crippen MR) is 63.5 cm³/mol. The quantitative estimate of drug-likeness (QED) is 0.862. The van der Waals surface area contributed by atoms with Crippen LogP contribution in [-0.2, 0) is 0 Å². The molecular formula is C11H11BrN2O. The van der Waals surface area contributed by atoms with Crippen molar-refractivity contribution < 1.29 is 4.52 Å². The van der Waals surface area contributed by atoms with E-state index in [1.165, 1.54) is 0 Å². The fourth-order valence-corrected chi connectivity index (χ4v) is 2.06. The molecule has 0 spiro atoms. The number of anilines is 1. The van der Waals surface area contributed by atoms with Crippen LogP contribution >= 0.6 is 15.9 Å². The first-order valence-corrected chi connectivity index (χ1v) is 5.36. The first-order valence-electron chi connectivity index (χ1n) is 4.57. The molecule has 0 aliphatic rings. The minimum Gasteiger partial charge on any atom is -0.381 e. The Hall–Kier alpha value is -1.29. The van der Waals surface area contributed by atoms with E-state index in [-0.39, 0.29) is 0 Å². The monoisotopic (exact) mass is 266 g/mol. The Kier molecular flexibility index (Phi) is 2.52. The number of aryl methyl sites for hydroxylation is 1. The van der Waals surface area contributed by atoms with Crippen molar-refractivity contribution >= 4 is 21.7 Å². The minimum absolute atomic E-state index is 0.405. The number of aromatic nitrogens is 1. The van der Waals surface area contributed by atoms with Crippen molar-refractivity contribution in [2.24, 2.45) is 0 Å².